The quantitative estimate of drug-likeness (QED) is 0.917. The Labute approximate surface area is 129 Å². The maximum absolute atomic E-state index is 14.0. The summed E-state index contributed by atoms with van der Waals surface area (Å²) in [7, 11) is -3.01. The molecule has 120 valence electrons. The Morgan fingerprint density at radius 1 is 1.32 bits per heavy atom. The molecular weight excluding hydrogens is 307 g/mol. The first-order valence-electron chi connectivity index (χ1n) is 7.41. The number of hydrogen-bond donors (Lipinski definition) is 1. The van der Waals surface area contributed by atoms with E-state index in [2.05, 4.69) is 5.32 Å². The second-order valence-corrected chi connectivity index (χ2v) is 8.42. The van der Waals surface area contributed by atoms with Crippen LogP contribution in [-0.2, 0) is 14.6 Å². The van der Waals surface area contributed by atoms with Crippen LogP contribution in [0.25, 0.3) is 0 Å². The van der Waals surface area contributed by atoms with Gasteiger partial charge in [0, 0.05) is 24.7 Å². The van der Waals surface area contributed by atoms with Crippen molar-refractivity contribution < 1.29 is 17.6 Å². The topological polar surface area (TPSA) is 66.5 Å². The molecule has 1 aliphatic heterocycles. The molecular formula is C15H19FN2O3S. The zero-order chi connectivity index (χ0) is 15.9. The van der Waals surface area contributed by atoms with E-state index in [0.29, 0.717) is 17.3 Å². The van der Waals surface area contributed by atoms with Gasteiger partial charge in [-0.05, 0) is 30.5 Å². The molecule has 1 aliphatic carbocycles. The first-order chi connectivity index (χ1) is 10.4. The van der Waals surface area contributed by atoms with Crippen LogP contribution in [0.5, 0.6) is 0 Å². The van der Waals surface area contributed by atoms with Crippen LogP contribution in [0.15, 0.2) is 18.2 Å². The van der Waals surface area contributed by atoms with Gasteiger partial charge in [0.15, 0.2) is 9.84 Å². The lowest BCUT2D eigenvalue weighted by Gasteiger charge is -2.29. The monoisotopic (exact) mass is 326 g/mol. The number of nitrogens with one attached hydrogen (secondary N) is 1. The Morgan fingerprint density at radius 3 is 2.55 bits per heavy atom. The SMILES string of the molecule is C[C@H]1C[C@@H]1C(=O)Nc1ccc(F)c(N2CCS(=O)(=O)CC2)c1. The lowest BCUT2D eigenvalue weighted by atomic mass is 10.2. The summed E-state index contributed by atoms with van der Waals surface area (Å²) in [5, 5.41) is 2.81. The van der Waals surface area contributed by atoms with Gasteiger partial charge in [-0.1, -0.05) is 6.92 Å². The lowest BCUT2D eigenvalue weighted by Crippen LogP contribution is -2.40. The number of benzene rings is 1. The van der Waals surface area contributed by atoms with E-state index in [1.165, 1.54) is 12.1 Å². The standard InChI is InChI=1S/C15H19FN2O3S/c1-10-8-12(10)15(19)17-11-2-3-13(16)14(9-11)18-4-6-22(20,21)7-5-18/h2-3,9-10,12H,4-8H2,1H3,(H,17,19)/t10-,12-/m0/s1. The molecule has 1 aromatic rings. The number of nitrogens with zero attached hydrogens (tertiary/aromatic N) is 1. The lowest BCUT2D eigenvalue weighted by molar-refractivity contribution is -0.117. The summed E-state index contributed by atoms with van der Waals surface area (Å²) < 4.78 is 36.9. The zero-order valence-electron chi connectivity index (χ0n) is 12.4. The van der Waals surface area contributed by atoms with Crippen molar-refractivity contribution in [3.8, 4) is 0 Å². The van der Waals surface area contributed by atoms with Crippen LogP contribution in [0.4, 0.5) is 15.8 Å². The number of halogens is 1. The molecule has 5 nitrogen and oxygen atoms in total. The Balaban J connectivity index is 1.74. The molecule has 0 aromatic heterocycles. The van der Waals surface area contributed by atoms with Gasteiger partial charge in [-0.25, -0.2) is 12.8 Å². The summed E-state index contributed by atoms with van der Waals surface area (Å²) in [5.41, 5.74) is 0.894. The number of carbonyl (C=O) groups is 1. The number of amides is 1. The van der Waals surface area contributed by atoms with E-state index in [1.54, 1.807) is 11.0 Å². The summed E-state index contributed by atoms with van der Waals surface area (Å²) in [4.78, 5) is 13.7. The smallest absolute Gasteiger partial charge is 0.227 e. The van der Waals surface area contributed by atoms with E-state index in [4.69, 9.17) is 0 Å². The minimum absolute atomic E-state index is 0.0304. The second kappa shape index (κ2) is 5.53. The third-order valence-electron chi connectivity index (χ3n) is 4.35. The molecule has 3 rings (SSSR count). The maximum atomic E-state index is 14.0. The summed E-state index contributed by atoms with van der Waals surface area (Å²) in [5.74, 6) is 0.0785. The van der Waals surface area contributed by atoms with Gasteiger partial charge >= 0.3 is 0 Å². The number of carbonyl (C=O) groups excluding carboxylic acids is 1. The second-order valence-electron chi connectivity index (χ2n) is 6.11. The Hall–Kier alpha value is -1.63. The highest BCUT2D eigenvalue weighted by molar-refractivity contribution is 7.91. The molecule has 0 unspecified atom stereocenters. The van der Waals surface area contributed by atoms with Crippen molar-refractivity contribution in [1.82, 2.24) is 0 Å². The summed E-state index contributed by atoms with van der Waals surface area (Å²) in [6.45, 7) is 2.57. The summed E-state index contributed by atoms with van der Waals surface area (Å²) in [6.07, 6.45) is 0.893. The molecule has 0 radical (unpaired) electrons. The molecule has 0 bridgehead atoms. The highest BCUT2D eigenvalue weighted by atomic mass is 32.2. The van der Waals surface area contributed by atoms with Crippen LogP contribution in [-0.4, -0.2) is 38.9 Å². The zero-order valence-corrected chi connectivity index (χ0v) is 13.2. The number of rotatable bonds is 3. The van der Waals surface area contributed by atoms with E-state index in [9.17, 15) is 17.6 Å². The van der Waals surface area contributed by atoms with Crippen LogP contribution in [0.3, 0.4) is 0 Å². The maximum Gasteiger partial charge on any atom is 0.227 e. The largest absolute Gasteiger partial charge is 0.367 e. The Kier molecular flexibility index (Phi) is 3.84. The van der Waals surface area contributed by atoms with Crippen molar-refractivity contribution in [3.63, 3.8) is 0 Å². The predicted molar refractivity (Wildman–Crippen MR) is 83.2 cm³/mol. The molecule has 22 heavy (non-hydrogen) atoms. The minimum Gasteiger partial charge on any atom is -0.367 e. The molecule has 2 aliphatic rings. The van der Waals surface area contributed by atoms with Gasteiger partial charge in [0.2, 0.25) is 5.91 Å². The molecule has 2 atom stereocenters. The molecule has 1 saturated carbocycles. The van der Waals surface area contributed by atoms with Crippen molar-refractivity contribution in [1.29, 1.82) is 0 Å². The molecule has 1 saturated heterocycles. The number of sulfone groups is 1. The van der Waals surface area contributed by atoms with Crippen molar-refractivity contribution in [2.24, 2.45) is 11.8 Å². The fraction of sp³-hybridized carbons (Fsp3) is 0.533. The van der Waals surface area contributed by atoms with Gasteiger partial charge in [-0.15, -0.1) is 0 Å². The molecule has 1 amide bonds. The normalized spacial score (nSPS) is 26.5. The fourth-order valence-corrected chi connectivity index (χ4v) is 3.91. The average Bonchev–Trinajstić information content (AvgIpc) is 3.18. The van der Waals surface area contributed by atoms with Crippen molar-refractivity contribution in [2.45, 2.75) is 13.3 Å². The van der Waals surface area contributed by atoms with Gasteiger partial charge in [-0.3, -0.25) is 4.79 Å². The van der Waals surface area contributed by atoms with Gasteiger partial charge in [0.1, 0.15) is 5.82 Å². The van der Waals surface area contributed by atoms with E-state index < -0.39 is 15.7 Å². The predicted octanol–water partition coefficient (Wildman–Crippen LogP) is 1.66. The Bertz CT molecular complexity index is 691. The molecule has 1 heterocycles. The van der Waals surface area contributed by atoms with Crippen LogP contribution in [0.1, 0.15) is 13.3 Å². The van der Waals surface area contributed by atoms with Crippen LogP contribution in [0.2, 0.25) is 0 Å². The fourth-order valence-electron chi connectivity index (χ4n) is 2.71. The molecule has 7 heteroatoms. The van der Waals surface area contributed by atoms with E-state index in [-0.39, 0.29) is 36.4 Å². The first kappa shape index (κ1) is 15.3. The van der Waals surface area contributed by atoms with Crippen molar-refractivity contribution in [2.75, 3.05) is 34.8 Å². The van der Waals surface area contributed by atoms with Gasteiger partial charge in [-0.2, -0.15) is 0 Å². The Morgan fingerprint density at radius 2 is 1.95 bits per heavy atom. The average molecular weight is 326 g/mol. The third kappa shape index (κ3) is 3.24. The van der Waals surface area contributed by atoms with E-state index in [1.807, 2.05) is 6.92 Å². The summed E-state index contributed by atoms with van der Waals surface area (Å²) in [6, 6.07) is 4.42. The minimum atomic E-state index is -3.01. The van der Waals surface area contributed by atoms with E-state index >= 15 is 0 Å². The molecule has 1 N–H and O–H groups in total. The summed E-state index contributed by atoms with van der Waals surface area (Å²) >= 11 is 0. The van der Waals surface area contributed by atoms with Gasteiger partial charge in [0.05, 0.1) is 17.2 Å². The van der Waals surface area contributed by atoms with Crippen molar-refractivity contribution >= 4 is 27.1 Å². The highest BCUT2D eigenvalue weighted by Crippen LogP contribution is 2.38. The van der Waals surface area contributed by atoms with Crippen LogP contribution >= 0.6 is 0 Å². The van der Waals surface area contributed by atoms with Crippen LogP contribution < -0.4 is 10.2 Å². The van der Waals surface area contributed by atoms with Gasteiger partial charge in [0.25, 0.3) is 0 Å². The number of hydrogen-bond acceptors (Lipinski definition) is 4. The molecule has 1 aromatic carbocycles. The highest BCUT2D eigenvalue weighted by Gasteiger charge is 2.39. The molecule has 2 fully saturated rings. The first-order valence-corrected chi connectivity index (χ1v) is 9.24. The number of anilines is 2. The van der Waals surface area contributed by atoms with Crippen molar-refractivity contribution in [3.05, 3.63) is 24.0 Å². The third-order valence-corrected chi connectivity index (χ3v) is 5.95. The van der Waals surface area contributed by atoms with Gasteiger partial charge < -0.3 is 10.2 Å². The van der Waals surface area contributed by atoms with Crippen LogP contribution in [0, 0.1) is 17.7 Å². The molecule has 0 spiro atoms. The van der Waals surface area contributed by atoms with E-state index in [0.717, 1.165) is 6.42 Å².